The molecule has 0 saturated carbocycles. The van der Waals surface area contributed by atoms with Crippen LogP contribution in [0.2, 0.25) is 0 Å². The molecule has 0 amide bonds. The summed E-state index contributed by atoms with van der Waals surface area (Å²) in [5, 5.41) is 3.51. The van der Waals surface area contributed by atoms with Crippen molar-refractivity contribution < 1.29 is 4.74 Å². The third-order valence-corrected chi connectivity index (χ3v) is 3.70. The van der Waals surface area contributed by atoms with E-state index in [1.165, 1.54) is 32.1 Å². The maximum Gasteiger partial charge on any atom is 0.0576 e. The summed E-state index contributed by atoms with van der Waals surface area (Å²) < 4.78 is 5.66. The molecule has 0 aromatic heterocycles. The van der Waals surface area contributed by atoms with Gasteiger partial charge in [-0.2, -0.15) is 0 Å². The van der Waals surface area contributed by atoms with Crippen molar-refractivity contribution in [3.8, 4) is 0 Å². The first-order chi connectivity index (χ1) is 8.06. The lowest BCUT2D eigenvalue weighted by Gasteiger charge is -2.28. The van der Waals surface area contributed by atoms with Crippen molar-refractivity contribution in [2.24, 2.45) is 5.41 Å². The van der Waals surface area contributed by atoms with Gasteiger partial charge < -0.3 is 10.1 Å². The number of ether oxygens (including phenoxy) is 1. The molecule has 1 aliphatic rings. The van der Waals surface area contributed by atoms with Gasteiger partial charge in [0, 0.05) is 19.2 Å². The third-order valence-electron chi connectivity index (χ3n) is 3.70. The summed E-state index contributed by atoms with van der Waals surface area (Å²) in [6.45, 7) is 12.7. The number of nitrogens with one attached hydrogen (secondary N) is 1. The highest BCUT2D eigenvalue weighted by molar-refractivity contribution is 4.93. The Kier molecular flexibility index (Phi) is 6.21. The zero-order valence-electron chi connectivity index (χ0n) is 11.8. The Morgan fingerprint density at radius 1 is 1.53 bits per heavy atom. The maximum atomic E-state index is 5.66. The van der Waals surface area contributed by atoms with Crippen molar-refractivity contribution in [1.29, 1.82) is 0 Å². The standard InChI is InChI=1S/C15H29NO/c1-5-15(4,12-16-13(2)3)10-6-8-14-9-7-11-17-14/h5,13-14,16H,1,6-12H2,2-4H3. The fourth-order valence-corrected chi connectivity index (χ4v) is 2.31. The predicted molar refractivity (Wildman–Crippen MR) is 74.3 cm³/mol. The molecule has 0 aromatic rings. The van der Waals surface area contributed by atoms with Crippen molar-refractivity contribution >= 4 is 0 Å². The van der Waals surface area contributed by atoms with E-state index < -0.39 is 0 Å². The molecule has 2 heteroatoms. The highest BCUT2D eigenvalue weighted by Gasteiger charge is 2.22. The Bertz CT molecular complexity index is 221. The van der Waals surface area contributed by atoms with Gasteiger partial charge in [-0.25, -0.2) is 0 Å². The zero-order chi connectivity index (χ0) is 12.7. The molecule has 2 unspecified atom stereocenters. The lowest BCUT2D eigenvalue weighted by atomic mass is 9.84. The molecular formula is C15H29NO. The summed E-state index contributed by atoms with van der Waals surface area (Å²) in [6, 6.07) is 0.549. The summed E-state index contributed by atoms with van der Waals surface area (Å²) >= 11 is 0. The maximum absolute atomic E-state index is 5.66. The van der Waals surface area contributed by atoms with Gasteiger partial charge in [0.05, 0.1) is 6.10 Å². The van der Waals surface area contributed by atoms with Gasteiger partial charge in [0.25, 0.3) is 0 Å². The van der Waals surface area contributed by atoms with Gasteiger partial charge >= 0.3 is 0 Å². The first-order valence-corrected chi connectivity index (χ1v) is 7.04. The molecule has 1 rings (SSSR count). The van der Waals surface area contributed by atoms with Crippen molar-refractivity contribution in [3.05, 3.63) is 12.7 Å². The second kappa shape index (κ2) is 7.17. The van der Waals surface area contributed by atoms with Crippen LogP contribution >= 0.6 is 0 Å². The van der Waals surface area contributed by atoms with Gasteiger partial charge in [0.2, 0.25) is 0 Å². The second-order valence-corrected chi connectivity index (χ2v) is 5.92. The smallest absolute Gasteiger partial charge is 0.0576 e. The van der Waals surface area contributed by atoms with Crippen LogP contribution in [0.4, 0.5) is 0 Å². The highest BCUT2D eigenvalue weighted by atomic mass is 16.5. The Balaban J connectivity index is 2.22. The minimum Gasteiger partial charge on any atom is -0.378 e. The molecule has 1 fully saturated rings. The van der Waals surface area contributed by atoms with Crippen LogP contribution in [0.3, 0.4) is 0 Å². The van der Waals surface area contributed by atoms with E-state index in [0.717, 1.165) is 13.2 Å². The van der Waals surface area contributed by atoms with Gasteiger partial charge in [0.15, 0.2) is 0 Å². The van der Waals surface area contributed by atoms with Crippen LogP contribution in [0.1, 0.15) is 52.9 Å². The van der Waals surface area contributed by atoms with Crippen molar-refractivity contribution in [2.45, 2.75) is 65.0 Å². The summed E-state index contributed by atoms with van der Waals surface area (Å²) in [4.78, 5) is 0. The van der Waals surface area contributed by atoms with E-state index in [4.69, 9.17) is 4.74 Å². The van der Waals surface area contributed by atoms with Gasteiger partial charge in [-0.3, -0.25) is 0 Å². The molecule has 0 aliphatic carbocycles. The fourth-order valence-electron chi connectivity index (χ4n) is 2.31. The fraction of sp³-hybridized carbons (Fsp3) is 0.867. The van der Waals surface area contributed by atoms with E-state index >= 15 is 0 Å². The van der Waals surface area contributed by atoms with Crippen LogP contribution in [0.15, 0.2) is 12.7 Å². The first-order valence-electron chi connectivity index (χ1n) is 7.04. The minimum absolute atomic E-state index is 0.225. The van der Waals surface area contributed by atoms with E-state index in [-0.39, 0.29) is 5.41 Å². The molecule has 1 saturated heterocycles. The lowest BCUT2D eigenvalue weighted by molar-refractivity contribution is 0.0994. The van der Waals surface area contributed by atoms with Crippen LogP contribution in [0.5, 0.6) is 0 Å². The molecule has 2 nitrogen and oxygen atoms in total. The van der Waals surface area contributed by atoms with E-state index in [0.29, 0.717) is 12.1 Å². The molecule has 0 aromatic carbocycles. The van der Waals surface area contributed by atoms with Crippen LogP contribution in [0, 0.1) is 5.41 Å². The Hall–Kier alpha value is -0.340. The summed E-state index contributed by atoms with van der Waals surface area (Å²) in [5.41, 5.74) is 0.225. The normalized spacial score (nSPS) is 23.9. The molecule has 2 atom stereocenters. The van der Waals surface area contributed by atoms with Crippen LogP contribution in [-0.4, -0.2) is 25.3 Å². The molecule has 1 aliphatic heterocycles. The van der Waals surface area contributed by atoms with Crippen LogP contribution in [0.25, 0.3) is 0 Å². The van der Waals surface area contributed by atoms with Crippen LogP contribution in [-0.2, 0) is 4.74 Å². The topological polar surface area (TPSA) is 21.3 Å². The number of rotatable bonds is 8. The number of hydrogen-bond acceptors (Lipinski definition) is 2. The predicted octanol–water partition coefficient (Wildman–Crippen LogP) is 3.53. The van der Waals surface area contributed by atoms with Crippen molar-refractivity contribution in [1.82, 2.24) is 5.32 Å². The number of hydrogen-bond donors (Lipinski definition) is 1. The summed E-state index contributed by atoms with van der Waals surface area (Å²) in [7, 11) is 0. The molecule has 100 valence electrons. The quantitative estimate of drug-likeness (QED) is 0.654. The highest BCUT2D eigenvalue weighted by Crippen LogP contribution is 2.27. The average Bonchev–Trinajstić information content (AvgIpc) is 2.79. The Morgan fingerprint density at radius 2 is 2.29 bits per heavy atom. The average molecular weight is 239 g/mol. The van der Waals surface area contributed by atoms with E-state index in [1.807, 2.05) is 0 Å². The monoisotopic (exact) mass is 239 g/mol. The third kappa shape index (κ3) is 5.69. The molecule has 17 heavy (non-hydrogen) atoms. The van der Waals surface area contributed by atoms with E-state index in [2.05, 4.69) is 38.7 Å². The molecule has 1 N–H and O–H groups in total. The first kappa shape index (κ1) is 14.7. The van der Waals surface area contributed by atoms with Gasteiger partial charge in [-0.15, -0.1) is 6.58 Å². The van der Waals surface area contributed by atoms with Gasteiger partial charge in [-0.1, -0.05) is 26.8 Å². The molecular weight excluding hydrogens is 210 g/mol. The molecule has 0 radical (unpaired) electrons. The summed E-state index contributed by atoms with van der Waals surface area (Å²) in [6.07, 6.45) is 8.81. The van der Waals surface area contributed by atoms with Crippen molar-refractivity contribution in [2.75, 3.05) is 13.2 Å². The Labute approximate surface area is 107 Å². The van der Waals surface area contributed by atoms with E-state index in [1.54, 1.807) is 0 Å². The summed E-state index contributed by atoms with van der Waals surface area (Å²) in [5.74, 6) is 0. The lowest BCUT2D eigenvalue weighted by Crippen LogP contribution is -2.34. The molecule has 1 heterocycles. The van der Waals surface area contributed by atoms with Crippen LogP contribution < -0.4 is 5.32 Å². The Morgan fingerprint density at radius 3 is 2.82 bits per heavy atom. The van der Waals surface area contributed by atoms with E-state index in [9.17, 15) is 0 Å². The largest absolute Gasteiger partial charge is 0.378 e. The van der Waals surface area contributed by atoms with Crippen molar-refractivity contribution in [3.63, 3.8) is 0 Å². The van der Waals surface area contributed by atoms with Gasteiger partial charge in [0.1, 0.15) is 0 Å². The molecule has 0 spiro atoms. The SMILES string of the molecule is C=CC(C)(CCCC1CCCO1)CNC(C)C. The van der Waals surface area contributed by atoms with Gasteiger partial charge in [-0.05, 0) is 37.5 Å². The minimum atomic E-state index is 0.225. The second-order valence-electron chi connectivity index (χ2n) is 5.92. The zero-order valence-corrected chi connectivity index (χ0v) is 11.8. The molecule has 0 bridgehead atoms.